The van der Waals surface area contributed by atoms with Crippen molar-refractivity contribution in [3.05, 3.63) is 35.5 Å². The average Bonchev–Trinajstić information content (AvgIpc) is 2.02. The van der Waals surface area contributed by atoms with Crippen molar-refractivity contribution in [1.82, 2.24) is 4.98 Å². The summed E-state index contributed by atoms with van der Waals surface area (Å²) in [6.45, 7) is 3.48. The van der Waals surface area contributed by atoms with Crippen LogP contribution in [0, 0.1) is 6.92 Å². The van der Waals surface area contributed by atoms with Gasteiger partial charge in [-0.15, -0.1) is 0 Å². The summed E-state index contributed by atoms with van der Waals surface area (Å²) < 4.78 is 36.3. The van der Waals surface area contributed by atoms with Crippen molar-refractivity contribution in [2.45, 2.75) is 12.6 Å². The molecule has 0 aliphatic heterocycles. The molecule has 0 saturated heterocycles. The molecular formula is C8H6ClF3N. The maximum Gasteiger partial charge on any atom is 0.417 e. The Morgan fingerprint density at radius 2 is 2.08 bits per heavy atom. The topological polar surface area (TPSA) is 12.9 Å². The minimum Gasteiger partial charge on any atom is -0.259 e. The van der Waals surface area contributed by atoms with Gasteiger partial charge in [0.2, 0.25) is 0 Å². The molecule has 1 aromatic rings. The van der Waals surface area contributed by atoms with E-state index in [1.54, 1.807) is 0 Å². The Bertz CT molecular complexity index is 309. The van der Waals surface area contributed by atoms with Gasteiger partial charge >= 0.3 is 6.18 Å². The molecule has 0 amide bonds. The first-order chi connectivity index (χ1) is 5.95. The minimum atomic E-state index is -4.39. The van der Waals surface area contributed by atoms with E-state index in [1.165, 1.54) is 0 Å². The lowest BCUT2D eigenvalue weighted by atomic mass is 10.2. The van der Waals surface area contributed by atoms with Crippen LogP contribution in [0.4, 0.5) is 13.2 Å². The second-order valence-electron chi connectivity index (χ2n) is 2.40. The zero-order chi connectivity index (χ0) is 10.1. The molecule has 13 heavy (non-hydrogen) atoms. The molecule has 5 heteroatoms. The van der Waals surface area contributed by atoms with Crippen LogP contribution < -0.4 is 0 Å². The SMILES string of the molecule is [CH2]Cc1ncc(C(F)(F)F)cc1Cl. The third-order valence-corrected chi connectivity index (χ3v) is 1.81. The minimum absolute atomic E-state index is 0.00447. The Balaban J connectivity index is 3.10. The van der Waals surface area contributed by atoms with Crippen LogP contribution in [0.5, 0.6) is 0 Å². The van der Waals surface area contributed by atoms with Gasteiger partial charge in [0.1, 0.15) is 0 Å². The highest BCUT2D eigenvalue weighted by atomic mass is 35.5. The summed E-state index contributed by atoms with van der Waals surface area (Å²) in [7, 11) is 0. The number of halogens is 4. The van der Waals surface area contributed by atoms with Crippen LogP contribution in [0.3, 0.4) is 0 Å². The van der Waals surface area contributed by atoms with Crippen molar-refractivity contribution < 1.29 is 13.2 Å². The molecule has 0 aliphatic carbocycles. The van der Waals surface area contributed by atoms with Gasteiger partial charge in [0.15, 0.2) is 0 Å². The van der Waals surface area contributed by atoms with Gasteiger partial charge in [-0.2, -0.15) is 13.2 Å². The van der Waals surface area contributed by atoms with Gasteiger partial charge in [-0.3, -0.25) is 4.98 Å². The Morgan fingerprint density at radius 3 is 2.46 bits per heavy atom. The highest BCUT2D eigenvalue weighted by Gasteiger charge is 2.31. The van der Waals surface area contributed by atoms with E-state index in [9.17, 15) is 13.2 Å². The van der Waals surface area contributed by atoms with Crippen molar-refractivity contribution >= 4 is 11.6 Å². The summed E-state index contributed by atoms with van der Waals surface area (Å²) in [4.78, 5) is 3.55. The largest absolute Gasteiger partial charge is 0.417 e. The molecule has 1 heterocycles. The van der Waals surface area contributed by atoms with Gasteiger partial charge in [-0.25, -0.2) is 0 Å². The summed E-state index contributed by atoms with van der Waals surface area (Å²) in [5.41, 5.74) is -0.468. The quantitative estimate of drug-likeness (QED) is 0.691. The molecule has 0 spiro atoms. The summed E-state index contributed by atoms with van der Waals surface area (Å²) in [6, 6.07) is 0.856. The van der Waals surface area contributed by atoms with E-state index in [4.69, 9.17) is 11.6 Å². The number of hydrogen-bond acceptors (Lipinski definition) is 1. The predicted octanol–water partition coefficient (Wildman–Crippen LogP) is 3.13. The molecule has 0 fully saturated rings. The molecule has 1 radical (unpaired) electrons. The Labute approximate surface area is 78.5 Å². The number of nitrogens with zero attached hydrogens (tertiary/aromatic N) is 1. The van der Waals surface area contributed by atoms with Crippen molar-refractivity contribution in [2.24, 2.45) is 0 Å². The fourth-order valence-electron chi connectivity index (χ4n) is 0.805. The van der Waals surface area contributed by atoms with E-state index in [1.807, 2.05) is 0 Å². The van der Waals surface area contributed by atoms with E-state index >= 15 is 0 Å². The lowest BCUT2D eigenvalue weighted by Crippen LogP contribution is -2.06. The molecule has 0 aromatic carbocycles. The Kier molecular flexibility index (Phi) is 2.81. The van der Waals surface area contributed by atoms with Crippen molar-refractivity contribution in [3.63, 3.8) is 0 Å². The molecular weight excluding hydrogens is 203 g/mol. The molecule has 1 aromatic heterocycles. The number of alkyl halides is 3. The van der Waals surface area contributed by atoms with Crippen LogP contribution in [-0.4, -0.2) is 4.98 Å². The fraction of sp³-hybridized carbons (Fsp3) is 0.250. The average molecular weight is 209 g/mol. The van der Waals surface area contributed by atoms with E-state index in [2.05, 4.69) is 11.9 Å². The lowest BCUT2D eigenvalue weighted by molar-refractivity contribution is -0.137. The van der Waals surface area contributed by atoms with E-state index < -0.39 is 11.7 Å². The van der Waals surface area contributed by atoms with Crippen LogP contribution in [0.2, 0.25) is 5.02 Å². The number of pyridine rings is 1. The van der Waals surface area contributed by atoms with E-state index in [-0.39, 0.29) is 11.4 Å². The van der Waals surface area contributed by atoms with Gasteiger partial charge in [-0.1, -0.05) is 11.6 Å². The monoisotopic (exact) mass is 208 g/mol. The Hall–Kier alpha value is -0.770. The first-order valence-electron chi connectivity index (χ1n) is 3.46. The van der Waals surface area contributed by atoms with Gasteiger partial charge in [0.25, 0.3) is 0 Å². The fourth-order valence-corrected chi connectivity index (χ4v) is 1.07. The lowest BCUT2D eigenvalue weighted by Gasteiger charge is -2.07. The zero-order valence-electron chi connectivity index (χ0n) is 6.53. The standard InChI is InChI=1S/C8H6ClF3N/c1-2-7-6(9)3-5(4-13-7)8(10,11)12/h3-4H,1-2H2. The first kappa shape index (κ1) is 10.3. The molecule has 1 nitrogen and oxygen atoms in total. The third-order valence-electron chi connectivity index (χ3n) is 1.48. The second-order valence-corrected chi connectivity index (χ2v) is 2.81. The zero-order valence-corrected chi connectivity index (χ0v) is 7.28. The summed E-state index contributed by atoms with van der Waals surface area (Å²) in [5.74, 6) is 0. The molecule has 1 rings (SSSR count). The van der Waals surface area contributed by atoms with Crippen molar-refractivity contribution in [2.75, 3.05) is 0 Å². The summed E-state index contributed by atoms with van der Waals surface area (Å²) in [6.07, 6.45) is -3.36. The third kappa shape index (κ3) is 2.34. The first-order valence-corrected chi connectivity index (χ1v) is 3.84. The summed E-state index contributed by atoms with van der Waals surface area (Å²) >= 11 is 5.53. The number of hydrogen-bond donors (Lipinski definition) is 0. The van der Waals surface area contributed by atoms with Gasteiger partial charge < -0.3 is 0 Å². The molecule has 0 atom stereocenters. The number of aromatic nitrogens is 1. The maximum absolute atomic E-state index is 12.1. The summed E-state index contributed by atoms with van der Waals surface area (Å²) in [5, 5.41) is 0.00447. The molecule has 0 unspecified atom stereocenters. The normalized spacial score (nSPS) is 11.8. The maximum atomic E-state index is 12.1. The van der Waals surface area contributed by atoms with Crippen molar-refractivity contribution in [3.8, 4) is 0 Å². The smallest absolute Gasteiger partial charge is 0.259 e. The highest BCUT2D eigenvalue weighted by Crippen LogP contribution is 2.30. The molecule has 0 N–H and O–H groups in total. The molecule has 0 bridgehead atoms. The van der Waals surface area contributed by atoms with Gasteiger partial charge in [0.05, 0.1) is 16.3 Å². The Morgan fingerprint density at radius 1 is 1.46 bits per heavy atom. The van der Waals surface area contributed by atoms with E-state index in [0.717, 1.165) is 12.3 Å². The van der Waals surface area contributed by atoms with Crippen LogP contribution in [0.15, 0.2) is 12.3 Å². The van der Waals surface area contributed by atoms with Crippen molar-refractivity contribution in [1.29, 1.82) is 0 Å². The van der Waals surface area contributed by atoms with E-state index in [0.29, 0.717) is 5.69 Å². The van der Waals surface area contributed by atoms with Crippen LogP contribution in [0.25, 0.3) is 0 Å². The highest BCUT2D eigenvalue weighted by molar-refractivity contribution is 6.31. The van der Waals surface area contributed by atoms with Crippen LogP contribution in [-0.2, 0) is 12.6 Å². The van der Waals surface area contributed by atoms with Crippen LogP contribution >= 0.6 is 11.6 Å². The van der Waals surface area contributed by atoms with Gasteiger partial charge in [-0.05, 0) is 19.4 Å². The molecule has 0 aliphatic rings. The number of rotatable bonds is 1. The van der Waals surface area contributed by atoms with Crippen LogP contribution in [0.1, 0.15) is 11.3 Å². The molecule has 71 valence electrons. The molecule has 0 saturated carbocycles. The van der Waals surface area contributed by atoms with Gasteiger partial charge in [0, 0.05) is 6.20 Å². The second kappa shape index (κ2) is 3.54. The predicted molar refractivity (Wildman–Crippen MR) is 43.3 cm³/mol.